The lowest BCUT2D eigenvalue weighted by atomic mass is 10.3. The summed E-state index contributed by atoms with van der Waals surface area (Å²) in [4.78, 5) is 14.6. The van der Waals surface area contributed by atoms with Gasteiger partial charge in [0.25, 0.3) is 5.69 Å². The Hall–Kier alpha value is -1.73. The molecular formula is C11H13N3O3S. The van der Waals surface area contributed by atoms with E-state index in [1.165, 1.54) is 23.5 Å². The first kappa shape index (κ1) is 12.7. The summed E-state index contributed by atoms with van der Waals surface area (Å²) in [5, 5.41) is 23.2. The molecule has 0 bridgehead atoms. The number of nitrogens with zero attached hydrogens (tertiary/aromatic N) is 2. The Morgan fingerprint density at radius 3 is 3.00 bits per heavy atom. The molecule has 0 aliphatic heterocycles. The minimum absolute atomic E-state index is 0.0815. The van der Waals surface area contributed by atoms with Crippen LogP contribution in [0.25, 0.3) is 10.2 Å². The van der Waals surface area contributed by atoms with Crippen molar-refractivity contribution >= 4 is 32.4 Å². The molecule has 2 aromatic rings. The number of non-ortho nitro benzene ring substituents is 1. The highest BCUT2D eigenvalue weighted by molar-refractivity contribution is 7.22. The van der Waals surface area contributed by atoms with Crippen LogP contribution in [0, 0.1) is 10.1 Å². The second-order valence-electron chi connectivity index (χ2n) is 3.79. The van der Waals surface area contributed by atoms with Crippen molar-refractivity contribution in [3.05, 3.63) is 28.3 Å². The molecule has 1 aromatic heterocycles. The van der Waals surface area contributed by atoms with Crippen LogP contribution >= 0.6 is 11.3 Å². The summed E-state index contributed by atoms with van der Waals surface area (Å²) in [7, 11) is 0. The summed E-state index contributed by atoms with van der Waals surface area (Å²) in [5.41, 5.74) is 0.841. The average molecular weight is 267 g/mol. The average Bonchev–Trinajstić information content (AvgIpc) is 2.76. The van der Waals surface area contributed by atoms with Crippen molar-refractivity contribution in [3.63, 3.8) is 0 Å². The fraction of sp³-hybridized carbons (Fsp3) is 0.364. The van der Waals surface area contributed by atoms with E-state index in [2.05, 4.69) is 10.3 Å². The molecule has 0 saturated heterocycles. The Balaban J connectivity index is 2.09. The van der Waals surface area contributed by atoms with Gasteiger partial charge < -0.3 is 10.4 Å². The van der Waals surface area contributed by atoms with Crippen molar-refractivity contribution in [3.8, 4) is 0 Å². The normalized spacial score (nSPS) is 10.7. The first-order valence-electron chi connectivity index (χ1n) is 5.60. The van der Waals surface area contributed by atoms with Crippen LogP contribution < -0.4 is 5.32 Å². The van der Waals surface area contributed by atoms with E-state index in [0.29, 0.717) is 0 Å². The fourth-order valence-electron chi connectivity index (χ4n) is 1.53. The van der Waals surface area contributed by atoms with E-state index < -0.39 is 4.92 Å². The molecule has 2 N–H and O–H groups in total. The van der Waals surface area contributed by atoms with Gasteiger partial charge in [0.1, 0.15) is 0 Å². The zero-order valence-corrected chi connectivity index (χ0v) is 10.4. The van der Waals surface area contributed by atoms with E-state index in [9.17, 15) is 10.1 Å². The van der Waals surface area contributed by atoms with Crippen molar-refractivity contribution in [2.24, 2.45) is 0 Å². The van der Waals surface area contributed by atoms with Crippen LogP contribution in [-0.4, -0.2) is 28.2 Å². The summed E-state index contributed by atoms with van der Waals surface area (Å²) in [6, 6.07) is 4.65. The Morgan fingerprint density at radius 1 is 1.44 bits per heavy atom. The number of hydrogen-bond donors (Lipinski definition) is 2. The van der Waals surface area contributed by atoms with Gasteiger partial charge in [-0.25, -0.2) is 4.98 Å². The highest BCUT2D eigenvalue weighted by atomic mass is 32.1. The maximum absolute atomic E-state index is 10.6. The van der Waals surface area contributed by atoms with Gasteiger partial charge in [0, 0.05) is 25.3 Å². The Kier molecular flexibility index (Phi) is 4.06. The lowest BCUT2D eigenvalue weighted by molar-refractivity contribution is -0.384. The molecule has 0 unspecified atom stereocenters. The van der Waals surface area contributed by atoms with Gasteiger partial charge in [0.15, 0.2) is 5.13 Å². The van der Waals surface area contributed by atoms with E-state index >= 15 is 0 Å². The summed E-state index contributed by atoms with van der Waals surface area (Å²) >= 11 is 1.40. The molecule has 6 nitrogen and oxygen atoms in total. The third-order valence-corrected chi connectivity index (χ3v) is 3.42. The van der Waals surface area contributed by atoms with Gasteiger partial charge in [-0.1, -0.05) is 11.3 Å². The van der Waals surface area contributed by atoms with E-state index in [0.717, 1.165) is 34.7 Å². The summed E-state index contributed by atoms with van der Waals surface area (Å²) in [5.74, 6) is 0. The van der Waals surface area contributed by atoms with Gasteiger partial charge >= 0.3 is 0 Å². The SMILES string of the molecule is O=[N+]([O-])c1ccc2nc(NCCCCO)sc2c1. The number of rotatable bonds is 6. The third kappa shape index (κ3) is 2.93. The van der Waals surface area contributed by atoms with Crippen LogP contribution in [0.1, 0.15) is 12.8 Å². The first-order chi connectivity index (χ1) is 8.70. The largest absolute Gasteiger partial charge is 0.396 e. The van der Waals surface area contributed by atoms with Gasteiger partial charge in [-0.05, 0) is 18.9 Å². The maximum atomic E-state index is 10.6. The molecule has 0 saturated carbocycles. The number of nitrogens with one attached hydrogen (secondary N) is 1. The molecule has 0 aliphatic rings. The molecule has 0 atom stereocenters. The molecule has 96 valence electrons. The number of unbranched alkanes of at least 4 members (excludes halogenated alkanes) is 1. The van der Waals surface area contributed by atoms with Gasteiger partial charge in [-0.15, -0.1) is 0 Å². The first-order valence-corrected chi connectivity index (χ1v) is 6.42. The number of aliphatic hydroxyl groups is 1. The topological polar surface area (TPSA) is 88.3 Å². The molecule has 1 heterocycles. The molecule has 0 aliphatic carbocycles. The van der Waals surface area contributed by atoms with E-state index in [4.69, 9.17) is 5.11 Å². The van der Waals surface area contributed by atoms with Gasteiger partial charge in [-0.2, -0.15) is 0 Å². The lowest BCUT2D eigenvalue weighted by Crippen LogP contribution is -2.01. The smallest absolute Gasteiger partial charge is 0.270 e. The number of aliphatic hydroxyl groups excluding tert-OH is 1. The number of thiazole rings is 1. The van der Waals surface area contributed by atoms with Gasteiger partial charge in [0.2, 0.25) is 0 Å². The number of nitro groups is 1. The van der Waals surface area contributed by atoms with Crippen LogP contribution in [0.4, 0.5) is 10.8 Å². The van der Waals surface area contributed by atoms with Crippen molar-refractivity contribution in [2.75, 3.05) is 18.5 Å². The van der Waals surface area contributed by atoms with E-state index in [1.807, 2.05) is 0 Å². The molecule has 0 fully saturated rings. The molecule has 2 rings (SSSR count). The molecule has 18 heavy (non-hydrogen) atoms. The molecule has 1 aromatic carbocycles. The van der Waals surface area contributed by atoms with Crippen molar-refractivity contribution in [2.45, 2.75) is 12.8 Å². The van der Waals surface area contributed by atoms with Crippen molar-refractivity contribution in [1.29, 1.82) is 0 Å². The zero-order chi connectivity index (χ0) is 13.0. The maximum Gasteiger partial charge on any atom is 0.270 e. The highest BCUT2D eigenvalue weighted by Crippen LogP contribution is 2.28. The quantitative estimate of drug-likeness (QED) is 0.476. The molecular weight excluding hydrogens is 254 g/mol. The van der Waals surface area contributed by atoms with Crippen molar-refractivity contribution < 1.29 is 10.0 Å². The van der Waals surface area contributed by atoms with Crippen molar-refractivity contribution in [1.82, 2.24) is 4.98 Å². The number of nitro benzene ring substituents is 1. The standard InChI is InChI=1S/C11H13N3O3S/c15-6-2-1-5-12-11-13-9-4-3-8(14(16)17)7-10(9)18-11/h3-4,7,15H,1-2,5-6H2,(H,12,13). The molecule has 0 radical (unpaired) electrons. The summed E-state index contributed by atoms with van der Waals surface area (Å²) in [6.07, 6.45) is 1.62. The second-order valence-corrected chi connectivity index (χ2v) is 4.82. The number of fused-ring (bicyclic) bond motifs is 1. The second kappa shape index (κ2) is 5.74. The van der Waals surface area contributed by atoms with Gasteiger partial charge in [0.05, 0.1) is 15.1 Å². The Morgan fingerprint density at radius 2 is 2.28 bits per heavy atom. The molecule has 0 spiro atoms. The minimum Gasteiger partial charge on any atom is -0.396 e. The Labute approximate surface area is 107 Å². The number of anilines is 1. The van der Waals surface area contributed by atoms with Crippen LogP contribution in [0.2, 0.25) is 0 Å². The lowest BCUT2D eigenvalue weighted by Gasteiger charge is -1.99. The minimum atomic E-state index is -0.409. The van der Waals surface area contributed by atoms with Crippen LogP contribution in [0.15, 0.2) is 18.2 Å². The van der Waals surface area contributed by atoms with Gasteiger partial charge in [-0.3, -0.25) is 10.1 Å². The van der Waals surface area contributed by atoms with E-state index in [1.54, 1.807) is 6.07 Å². The van der Waals surface area contributed by atoms with E-state index in [-0.39, 0.29) is 12.3 Å². The Bertz CT molecular complexity index is 555. The summed E-state index contributed by atoms with van der Waals surface area (Å²) < 4.78 is 0.800. The molecule has 0 amide bonds. The predicted molar refractivity (Wildman–Crippen MR) is 71.1 cm³/mol. The molecule has 7 heteroatoms. The van der Waals surface area contributed by atoms with Crippen LogP contribution in [-0.2, 0) is 0 Å². The number of benzene rings is 1. The highest BCUT2D eigenvalue weighted by Gasteiger charge is 2.09. The zero-order valence-electron chi connectivity index (χ0n) is 9.63. The monoisotopic (exact) mass is 267 g/mol. The number of aromatic nitrogens is 1. The van der Waals surface area contributed by atoms with Crippen LogP contribution in [0.5, 0.6) is 0 Å². The number of hydrogen-bond acceptors (Lipinski definition) is 6. The van der Waals surface area contributed by atoms with Crippen LogP contribution in [0.3, 0.4) is 0 Å². The third-order valence-electron chi connectivity index (χ3n) is 2.44. The fourth-order valence-corrected chi connectivity index (χ4v) is 2.46. The summed E-state index contributed by atoms with van der Waals surface area (Å²) in [6.45, 7) is 0.927. The predicted octanol–water partition coefficient (Wildman–Crippen LogP) is 2.39.